The number of halogens is 1. The average molecular weight is 1330 g/mol. The third kappa shape index (κ3) is 22.0. The largest absolute Gasteiger partial charge is 0.478 e. The second-order valence-electron chi connectivity index (χ2n) is 25.8. The van der Waals surface area contributed by atoms with Crippen molar-refractivity contribution in [1.82, 2.24) is 47.0 Å². The van der Waals surface area contributed by atoms with Crippen LogP contribution in [0, 0.1) is 51.7 Å². The first-order valence-electron chi connectivity index (χ1n) is 32.6. The number of nitrogens with one attached hydrogen (secondary N) is 7. The minimum atomic E-state index is -0.981. The van der Waals surface area contributed by atoms with Crippen LogP contribution in [-0.2, 0) is 62.4 Å². The number of carbonyl (C=O) groups excluding carboxylic acids is 8. The number of nitriles is 3. The van der Waals surface area contributed by atoms with Gasteiger partial charge >= 0.3 is 12.1 Å². The predicted molar refractivity (Wildman–Crippen MR) is 358 cm³/mol. The molecule has 0 unspecified atom stereocenters. The highest BCUT2D eigenvalue weighted by Gasteiger charge is 2.50. The van der Waals surface area contributed by atoms with E-state index in [1.807, 2.05) is 32.9 Å². The van der Waals surface area contributed by atoms with Gasteiger partial charge < -0.3 is 52.0 Å². The topological polar surface area (TPSA) is 345 Å². The molecule has 3 saturated heterocycles. The second-order valence-corrected chi connectivity index (χ2v) is 25.8. The Kier molecular flexibility index (Phi) is 29.9. The Morgan fingerprint density at radius 2 is 0.895 bits per heavy atom. The minimum Gasteiger partial charge on any atom is -0.478 e. The first-order chi connectivity index (χ1) is 45.0. The van der Waals surface area contributed by atoms with Crippen molar-refractivity contribution in [3.63, 3.8) is 0 Å². The molecule has 3 aromatic rings. The fourth-order valence-corrected chi connectivity index (χ4v) is 13.7. The Hall–Kier alpha value is -9.11. The molecule has 24 heteroatoms. The number of ether oxygens (including phenoxy) is 1. The van der Waals surface area contributed by atoms with Crippen molar-refractivity contribution in [1.29, 1.82) is 15.8 Å². The Morgan fingerprint density at radius 1 is 0.547 bits per heavy atom. The summed E-state index contributed by atoms with van der Waals surface area (Å²) in [7, 11) is 4.62. The molecule has 0 aromatic heterocycles. The molecule has 0 radical (unpaired) electrons. The van der Waals surface area contributed by atoms with Crippen LogP contribution in [0.5, 0.6) is 0 Å². The van der Waals surface area contributed by atoms with E-state index in [0.29, 0.717) is 60.3 Å². The van der Waals surface area contributed by atoms with E-state index >= 15 is 0 Å². The third-order valence-electron chi connectivity index (χ3n) is 18.4. The highest BCUT2D eigenvalue weighted by Crippen LogP contribution is 2.42. The number of nitrogens with zero attached hydrogens (tertiary/aromatic N) is 5. The van der Waals surface area contributed by atoms with Crippen LogP contribution in [0.2, 0.25) is 0 Å². The zero-order valence-electron chi connectivity index (χ0n) is 55.3. The van der Waals surface area contributed by atoms with Gasteiger partial charge in [-0.3, -0.25) is 38.5 Å². The quantitative estimate of drug-likeness (QED) is 0.0668. The van der Waals surface area contributed by atoms with Gasteiger partial charge in [-0.25, -0.2) is 9.59 Å². The van der Waals surface area contributed by atoms with E-state index in [-0.39, 0.29) is 84.2 Å². The zero-order chi connectivity index (χ0) is 68.6. The summed E-state index contributed by atoms with van der Waals surface area (Å²) in [4.78, 5) is 115. The number of likely N-dealkylation sites (tertiary alicyclic amines) is 2. The first-order valence-corrected chi connectivity index (χ1v) is 32.6. The number of carbonyl (C=O) groups is 9. The summed E-state index contributed by atoms with van der Waals surface area (Å²) in [5, 5.41) is 54.4. The summed E-state index contributed by atoms with van der Waals surface area (Å²) in [6.07, 6.45) is 17.5. The van der Waals surface area contributed by atoms with Crippen LogP contribution in [0.4, 0.5) is 4.79 Å². The lowest BCUT2D eigenvalue weighted by Crippen LogP contribution is -2.55. The molecule has 8 amide bonds. The third-order valence-corrected chi connectivity index (χ3v) is 18.4. The zero-order valence-corrected chi connectivity index (χ0v) is 56.1. The molecular weight excluding hydrogens is 1230 g/mol. The van der Waals surface area contributed by atoms with E-state index in [4.69, 9.17) is 25.6 Å². The SMILES string of the molecule is C=CC(=O)N1[C@H](C(=O)N[C@@H](Cc2ccc(C#N)cc2)C(=O)NC)C[C@@H]2CCCC[C@@H]21.C=CC(=O)O.CNC(=O)[C@H](Cc1ccc(C#N)cc1)NC(=O)[C@@H]1C[C@@H]2CCCC[C@@H]2N1.CNC(=O)[C@H](Cc1ccc(C#N)cc1)NC(=O)[C@@H]1C[C@@H]2CCCC[C@@H]2N1C(=O)OC(C)(C)C.Cl. The normalized spacial score (nSPS) is 22.8. The number of hydrogen-bond acceptors (Lipinski definition) is 14. The summed E-state index contributed by atoms with van der Waals surface area (Å²) in [5.74, 6) is -1.61. The molecule has 12 atom stereocenters. The van der Waals surface area contributed by atoms with Gasteiger partial charge in [-0.15, -0.1) is 12.4 Å². The fourth-order valence-electron chi connectivity index (χ4n) is 13.7. The Labute approximate surface area is 564 Å². The first kappa shape index (κ1) is 76.6. The molecule has 6 fully saturated rings. The number of rotatable bonds is 17. The Balaban J connectivity index is 0.000000249. The van der Waals surface area contributed by atoms with Gasteiger partial charge in [-0.2, -0.15) is 15.8 Å². The number of amides is 8. The lowest BCUT2D eigenvalue weighted by Gasteiger charge is -2.35. The number of aliphatic carboxylic acids is 1. The smallest absolute Gasteiger partial charge is 0.411 e. The maximum absolute atomic E-state index is 13.4. The molecule has 8 N–H and O–H groups in total. The van der Waals surface area contributed by atoms with Crippen molar-refractivity contribution >= 4 is 65.8 Å². The van der Waals surface area contributed by atoms with Crippen molar-refractivity contribution in [3.8, 4) is 18.2 Å². The molecule has 9 rings (SSSR count). The highest BCUT2D eigenvalue weighted by molar-refractivity contribution is 5.96. The standard InChI is InChI=1S/C25H34N4O4.C23H28N4O3.C20H26N4O2.C3H4O2.ClH/c1-25(2,3)33-24(32)29-20-8-6-5-7-18(20)14-21(29)23(31)28-19(22(30)27-4)13-16-9-11-17(15-26)12-10-16;1-3-21(28)27-19-7-5-4-6-17(19)13-20(27)23(30)26-18(22(29)25-2)12-15-8-10-16(14-24)11-9-15;1-22-19(25)17(10-13-6-8-14(12-21)9-7-13)24-20(26)18-11-15-4-2-3-5-16(15)23-18;1-2-3(4)5;/h9-12,18-21H,5-8,13-14H2,1-4H3,(H,27,30)(H,28,31);3,8-11,17-20H,1,4-7,12-13H2,2H3,(H,25,29)(H,26,30);6-9,15-18,23H,2-5,10-11H2,1H3,(H,22,25)(H,24,26);2H,1H2,(H,4,5);1H/t18-,19-,20-,21-;17-,18-,19-,20-;15-,16-,17-,18-;;/m000../s1. The van der Waals surface area contributed by atoms with Crippen molar-refractivity contribution in [2.45, 2.75) is 196 Å². The lowest BCUT2D eigenvalue weighted by atomic mass is 9.84. The van der Waals surface area contributed by atoms with Crippen LogP contribution in [0.15, 0.2) is 98.1 Å². The Morgan fingerprint density at radius 3 is 1.24 bits per heavy atom. The van der Waals surface area contributed by atoms with Gasteiger partial charge in [-0.1, -0.05) is 88.1 Å². The average Bonchev–Trinajstić information content (AvgIpc) is 1.65. The van der Waals surface area contributed by atoms with Gasteiger partial charge in [0, 0.05) is 64.6 Å². The number of benzene rings is 3. The van der Waals surface area contributed by atoms with E-state index in [1.165, 1.54) is 39.4 Å². The number of carboxylic acid groups (broad SMARTS) is 1. The van der Waals surface area contributed by atoms with E-state index < -0.39 is 47.9 Å². The molecule has 3 aliphatic carbocycles. The molecule has 3 aromatic carbocycles. The van der Waals surface area contributed by atoms with Crippen LogP contribution in [0.3, 0.4) is 0 Å². The van der Waals surface area contributed by atoms with Crippen LogP contribution in [0.1, 0.15) is 150 Å². The van der Waals surface area contributed by atoms with E-state index in [2.05, 4.69) is 68.6 Å². The summed E-state index contributed by atoms with van der Waals surface area (Å²) >= 11 is 0. The summed E-state index contributed by atoms with van der Waals surface area (Å²) in [6, 6.07) is 24.0. The maximum atomic E-state index is 13.4. The molecule has 0 bridgehead atoms. The molecule has 510 valence electrons. The molecular formula is C71H93ClN12O11. The van der Waals surface area contributed by atoms with Crippen LogP contribution >= 0.6 is 12.4 Å². The second kappa shape index (κ2) is 37.1. The lowest BCUT2D eigenvalue weighted by molar-refractivity contribution is -0.138. The van der Waals surface area contributed by atoms with Crippen molar-refractivity contribution in [3.05, 3.63) is 131 Å². The predicted octanol–water partition coefficient (Wildman–Crippen LogP) is 6.51. The van der Waals surface area contributed by atoms with Gasteiger partial charge in [0.25, 0.3) is 0 Å². The summed E-state index contributed by atoms with van der Waals surface area (Å²) < 4.78 is 5.64. The van der Waals surface area contributed by atoms with Gasteiger partial charge in [0.05, 0.1) is 40.9 Å². The van der Waals surface area contributed by atoms with E-state index in [9.17, 15) is 43.2 Å². The maximum Gasteiger partial charge on any atom is 0.411 e. The van der Waals surface area contributed by atoms with Crippen molar-refractivity contribution in [2.75, 3.05) is 21.1 Å². The molecule has 6 aliphatic rings. The van der Waals surface area contributed by atoms with Crippen LogP contribution in [-0.4, -0.2) is 149 Å². The van der Waals surface area contributed by atoms with Crippen LogP contribution in [0.25, 0.3) is 0 Å². The number of likely N-dealkylation sites (N-methyl/N-ethyl adjacent to an activating group) is 3. The van der Waals surface area contributed by atoms with E-state index in [1.54, 1.807) is 77.5 Å². The van der Waals surface area contributed by atoms with E-state index in [0.717, 1.165) is 87.0 Å². The monoisotopic (exact) mass is 1320 g/mol. The van der Waals surface area contributed by atoms with Gasteiger partial charge in [0.2, 0.25) is 41.4 Å². The van der Waals surface area contributed by atoms with Gasteiger partial charge in [-0.05, 0) is 155 Å². The van der Waals surface area contributed by atoms with Crippen molar-refractivity contribution in [2.24, 2.45) is 17.8 Å². The van der Waals surface area contributed by atoms with Gasteiger partial charge in [0.15, 0.2) is 0 Å². The summed E-state index contributed by atoms with van der Waals surface area (Å²) in [6.45, 7) is 12.0. The minimum absolute atomic E-state index is 0. The molecule has 23 nitrogen and oxygen atoms in total. The summed E-state index contributed by atoms with van der Waals surface area (Å²) in [5.41, 5.74) is 3.55. The van der Waals surface area contributed by atoms with Gasteiger partial charge in [0.1, 0.15) is 35.8 Å². The number of hydrogen-bond donors (Lipinski definition) is 8. The number of fused-ring (bicyclic) bond motifs is 3. The molecule has 95 heavy (non-hydrogen) atoms. The Bertz CT molecular complexity index is 3290. The number of carboxylic acids is 1. The molecule has 3 heterocycles. The molecule has 0 spiro atoms. The van der Waals surface area contributed by atoms with Crippen molar-refractivity contribution < 1.29 is 53.0 Å². The molecule has 3 saturated carbocycles. The molecule has 3 aliphatic heterocycles. The van der Waals surface area contributed by atoms with Crippen LogP contribution < -0.4 is 37.2 Å². The highest BCUT2D eigenvalue weighted by atomic mass is 35.5. The fraction of sp³-hybridized carbons (Fsp3) is 0.521.